The number of methoxy groups -OCH3 is 1. The molecular weight excluding hydrogens is 154 g/mol. The first-order valence-corrected chi connectivity index (χ1v) is 4.74. The third-order valence-electron chi connectivity index (χ3n) is 1.26. The summed E-state index contributed by atoms with van der Waals surface area (Å²) in [5.74, 6) is 0.0721. The number of sulfone groups is 1. The second-order valence-corrected chi connectivity index (χ2v) is 4.28. The van der Waals surface area contributed by atoms with Crippen LogP contribution in [0.5, 0.6) is 0 Å². The molecular formula is C5H13NO3S. The van der Waals surface area contributed by atoms with Crippen molar-refractivity contribution in [3.05, 3.63) is 0 Å². The summed E-state index contributed by atoms with van der Waals surface area (Å²) in [5.41, 5.74) is 4.31. The zero-order chi connectivity index (χ0) is 8.20. The molecule has 5 heteroatoms. The average Bonchev–Trinajstić information content (AvgIpc) is 1.90. The van der Waals surface area contributed by atoms with Crippen molar-refractivity contribution in [1.29, 1.82) is 0 Å². The lowest BCUT2D eigenvalue weighted by Crippen LogP contribution is -2.32. The van der Waals surface area contributed by atoms with E-state index in [9.17, 15) is 8.42 Å². The van der Waals surface area contributed by atoms with Crippen molar-refractivity contribution in [1.82, 2.24) is 0 Å². The zero-order valence-electron chi connectivity index (χ0n) is 6.20. The SMILES string of the molecule is CCS(=O)(=O)C(CN)OC. The fraction of sp³-hybridized carbons (Fsp3) is 1.00. The van der Waals surface area contributed by atoms with E-state index in [0.29, 0.717) is 0 Å². The molecule has 0 aliphatic heterocycles. The summed E-state index contributed by atoms with van der Waals surface area (Å²) >= 11 is 0. The summed E-state index contributed by atoms with van der Waals surface area (Å²) in [5, 5.41) is 0. The predicted octanol–water partition coefficient (Wildman–Crippen LogP) is -0.648. The molecule has 10 heavy (non-hydrogen) atoms. The van der Waals surface area contributed by atoms with Gasteiger partial charge in [-0.05, 0) is 0 Å². The predicted molar refractivity (Wildman–Crippen MR) is 39.3 cm³/mol. The first-order valence-electron chi connectivity index (χ1n) is 3.03. The standard InChI is InChI=1S/C5H13NO3S/c1-3-10(7,8)5(4-6)9-2/h5H,3-4,6H2,1-2H3. The highest BCUT2D eigenvalue weighted by molar-refractivity contribution is 7.91. The second kappa shape index (κ2) is 3.90. The molecule has 0 saturated carbocycles. The first kappa shape index (κ1) is 9.87. The summed E-state index contributed by atoms with van der Waals surface area (Å²) in [7, 11) is -1.77. The van der Waals surface area contributed by atoms with Crippen LogP contribution in [0, 0.1) is 0 Å². The number of nitrogens with two attached hydrogens (primary N) is 1. The molecule has 0 aliphatic rings. The van der Waals surface area contributed by atoms with Crippen molar-refractivity contribution in [2.24, 2.45) is 5.73 Å². The van der Waals surface area contributed by atoms with E-state index in [2.05, 4.69) is 4.74 Å². The van der Waals surface area contributed by atoms with Crippen molar-refractivity contribution < 1.29 is 13.2 Å². The summed E-state index contributed by atoms with van der Waals surface area (Å²) in [6.45, 7) is 1.59. The topological polar surface area (TPSA) is 69.4 Å². The molecule has 0 fully saturated rings. The molecule has 62 valence electrons. The van der Waals surface area contributed by atoms with E-state index in [1.54, 1.807) is 6.92 Å². The summed E-state index contributed by atoms with van der Waals surface area (Å²) < 4.78 is 26.6. The molecule has 0 aliphatic carbocycles. The van der Waals surface area contributed by atoms with E-state index in [0.717, 1.165) is 0 Å². The van der Waals surface area contributed by atoms with Crippen molar-refractivity contribution in [2.75, 3.05) is 19.4 Å². The Morgan fingerprint density at radius 1 is 1.60 bits per heavy atom. The van der Waals surface area contributed by atoms with Crippen molar-refractivity contribution in [2.45, 2.75) is 12.4 Å². The van der Waals surface area contributed by atoms with Crippen molar-refractivity contribution in [3.63, 3.8) is 0 Å². The lowest BCUT2D eigenvalue weighted by atomic mass is 10.7. The molecule has 0 aromatic heterocycles. The molecule has 0 aromatic rings. The first-order chi connectivity index (χ1) is 4.58. The van der Waals surface area contributed by atoms with Crippen LogP contribution in [0.4, 0.5) is 0 Å². The van der Waals surface area contributed by atoms with Gasteiger partial charge in [-0.15, -0.1) is 0 Å². The van der Waals surface area contributed by atoms with Gasteiger partial charge in [0.25, 0.3) is 0 Å². The normalized spacial score (nSPS) is 15.1. The minimum Gasteiger partial charge on any atom is -0.364 e. The molecule has 0 radical (unpaired) electrons. The molecule has 4 nitrogen and oxygen atoms in total. The second-order valence-electron chi connectivity index (χ2n) is 1.85. The Hall–Kier alpha value is -0.130. The van der Waals surface area contributed by atoms with Crippen LogP contribution in [-0.2, 0) is 14.6 Å². The van der Waals surface area contributed by atoms with Gasteiger partial charge in [-0.1, -0.05) is 6.92 Å². The van der Waals surface area contributed by atoms with E-state index >= 15 is 0 Å². The largest absolute Gasteiger partial charge is 0.364 e. The quantitative estimate of drug-likeness (QED) is 0.604. The molecule has 2 N–H and O–H groups in total. The zero-order valence-corrected chi connectivity index (χ0v) is 7.02. The summed E-state index contributed by atoms with van der Waals surface area (Å²) in [4.78, 5) is 0. The van der Waals surface area contributed by atoms with Crippen LogP contribution in [0.25, 0.3) is 0 Å². The van der Waals surface area contributed by atoms with Crippen molar-refractivity contribution in [3.8, 4) is 0 Å². The summed E-state index contributed by atoms with van der Waals surface area (Å²) in [6.07, 6.45) is 0. The Morgan fingerprint density at radius 2 is 2.10 bits per heavy atom. The highest BCUT2D eigenvalue weighted by atomic mass is 32.2. The van der Waals surface area contributed by atoms with E-state index < -0.39 is 15.3 Å². The lowest BCUT2D eigenvalue weighted by Gasteiger charge is -2.11. The number of hydrogen-bond donors (Lipinski definition) is 1. The number of rotatable bonds is 4. The Labute approximate surface area is 61.3 Å². The molecule has 0 amide bonds. The van der Waals surface area contributed by atoms with Crippen LogP contribution in [0.15, 0.2) is 0 Å². The Balaban J connectivity index is 4.28. The average molecular weight is 167 g/mol. The van der Waals surface area contributed by atoms with Gasteiger partial charge in [0.2, 0.25) is 0 Å². The number of ether oxygens (including phenoxy) is 1. The third kappa shape index (κ3) is 2.24. The molecule has 0 heterocycles. The molecule has 0 saturated heterocycles. The van der Waals surface area contributed by atoms with E-state index in [1.165, 1.54) is 7.11 Å². The van der Waals surface area contributed by atoms with Crippen molar-refractivity contribution >= 4 is 9.84 Å². The molecule has 1 unspecified atom stereocenters. The Bertz CT molecular complexity index is 171. The third-order valence-corrected chi connectivity index (χ3v) is 3.25. The minimum atomic E-state index is -3.11. The van der Waals surface area contributed by atoms with Crippen LogP contribution >= 0.6 is 0 Å². The molecule has 0 aromatic carbocycles. The maximum atomic E-state index is 11.0. The van der Waals surface area contributed by atoms with Gasteiger partial charge in [-0.3, -0.25) is 0 Å². The van der Waals surface area contributed by atoms with Crippen LogP contribution < -0.4 is 5.73 Å². The lowest BCUT2D eigenvalue weighted by molar-refractivity contribution is 0.170. The van der Waals surface area contributed by atoms with Gasteiger partial charge in [0.15, 0.2) is 15.3 Å². The van der Waals surface area contributed by atoms with Crippen LogP contribution in [0.1, 0.15) is 6.92 Å². The molecule has 0 rings (SSSR count). The maximum Gasteiger partial charge on any atom is 0.178 e. The van der Waals surface area contributed by atoms with Gasteiger partial charge in [0.05, 0.1) is 5.75 Å². The smallest absolute Gasteiger partial charge is 0.178 e. The Kier molecular flexibility index (Phi) is 3.85. The van der Waals surface area contributed by atoms with E-state index in [4.69, 9.17) is 5.73 Å². The van der Waals surface area contributed by atoms with Gasteiger partial charge in [-0.25, -0.2) is 8.42 Å². The van der Waals surface area contributed by atoms with Crippen LogP contribution in [-0.4, -0.2) is 33.3 Å². The van der Waals surface area contributed by atoms with E-state index in [1.807, 2.05) is 0 Å². The maximum absolute atomic E-state index is 11.0. The van der Waals surface area contributed by atoms with E-state index in [-0.39, 0.29) is 12.3 Å². The summed E-state index contributed by atoms with van der Waals surface area (Å²) in [6, 6.07) is 0. The molecule has 0 bridgehead atoms. The monoisotopic (exact) mass is 167 g/mol. The van der Waals surface area contributed by atoms with Gasteiger partial charge in [0, 0.05) is 13.7 Å². The minimum absolute atomic E-state index is 0.0205. The molecule has 0 spiro atoms. The van der Waals surface area contributed by atoms with Gasteiger partial charge in [0.1, 0.15) is 0 Å². The van der Waals surface area contributed by atoms with Gasteiger partial charge < -0.3 is 10.5 Å². The highest BCUT2D eigenvalue weighted by Crippen LogP contribution is 2.00. The number of hydrogen-bond acceptors (Lipinski definition) is 4. The van der Waals surface area contributed by atoms with Crippen LogP contribution in [0.3, 0.4) is 0 Å². The molecule has 1 atom stereocenters. The van der Waals surface area contributed by atoms with Crippen LogP contribution in [0.2, 0.25) is 0 Å². The highest BCUT2D eigenvalue weighted by Gasteiger charge is 2.20. The fourth-order valence-corrected chi connectivity index (χ4v) is 1.53. The Morgan fingerprint density at radius 3 is 2.20 bits per heavy atom. The fourth-order valence-electron chi connectivity index (χ4n) is 0.575. The van der Waals surface area contributed by atoms with Gasteiger partial charge >= 0.3 is 0 Å². The van der Waals surface area contributed by atoms with Gasteiger partial charge in [-0.2, -0.15) is 0 Å².